The Bertz CT molecular complexity index is 418. The molecular weight excluding hydrogens is 222 g/mol. The van der Waals surface area contributed by atoms with Crippen molar-refractivity contribution in [1.82, 2.24) is 9.97 Å². The lowest BCUT2D eigenvalue weighted by Crippen LogP contribution is -2.20. The number of nitrogens with zero attached hydrogens (tertiary/aromatic N) is 2. The molecule has 0 fully saturated rings. The van der Waals surface area contributed by atoms with Crippen LogP contribution in [0.3, 0.4) is 0 Å². The van der Waals surface area contributed by atoms with Crippen molar-refractivity contribution in [3.8, 4) is 0 Å². The second-order valence-electron chi connectivity index (χ2n) is 6.16. The van der Waals surface area contributed by atoms with Crippen LogP contribution in [0.5, 0.6) is 0 Å². The summed E-state index contributed by atoms with van der Waals surface area (Å²) in [6.45, 7) is 9.60. The van der Waals surface area contributed by atoms with Crippen LogP contribution in [0.4, 0.5) is 5.82 Å². The number of fused-ring (bicyclic) bond motifs is 1. The quantitative estimate of drug-likeness (QED) is 0.813. The van der Waals surface area contributed by atoms with Gasteiger partial charge in [-0.05, 0) is 32.6 Å². The largest absolute Gasteiger partial charge is 0.370 e. The van der Waals surface area contributed by atoms with E-state index in [0.717, 1.165) is 31.0 Å². The summed E-state index contributed by atoms with van der Waals surface area (Å²) in [4.78, 5) is 9.60. The van der Waals surface area contributed by atoms with E-state index in [1.54, 1.807) is 0 Å². The molecule has 1 N–H and O–H groups in total. The van der Waals surface area contributed by atoms with Crippen LogP contribution in [0, 0.1) is 0 Å². The lowest BCUT2D eigenvalue weighted by atomic mass is 9.95. The van der Waals surface area contributed by atoms with E-state index in [1.807, 2.05) is 0 Å². The fourth-order valence-electron chi connectivity index (χ4n) is 2.42. The molecule has 0 unspecified atom stereocenters. The third kappa shape index (κ3) is 2.82. The minimum atomic E-state index is 0.0194. The summed E-state index contributed by atoms with van der Waals surface area (Å²) >= 11 is 0. The first kappa shape index (κ1) is 13.3. The number of hydrogen-bond donors (Lipinski definition) is 1. The van der Waals surface area contributed by atoms with E-state index in [-0.39, 0.29) is 5.41 Å². The Morgan fingerprint density at radius 1 is 1.06 bits per heavy atom. The van der Waals surface area contributed by atoms with Crippen LogP contribution in [-0.4, -0.2) is 16.5 Å². The molecule has 0 saturated carbocycles. The molecular formula is C15H25N3. The molecule has 1 heterocycles. The molecule has 1 aromatic heterocycles. The van der Waals surface area contributed by atoms with Gasteiger partial charge < -0.3 is 5.32 Å². The second kappa shape index (κ2) is 5.25. The van der Waals surface area contributed by atoms with E-state index in [2.05, 4.69) is 33.0 Å². The summed E-state index contributed by atoms with van der Waals surface area (Å²) in [7, 11) is 0. The molecule has 2 rings (SSSR count). The van der Waals surface area contributed by atoms with Crippen LogP contribution < -0.4 is 5.32 Å². The summed E-state index contributed by atoms with van der Waals surface area (Å²) in [6.07, 6.45) is 6.08. The zero-order chi connectivity index (χ0) is 13.2. The van der Waals surface area contributed by atoms with E-state index in [0.29, 0.717) is 0 Å². The van der Waals surface area contributed by atoms with Gasteiger partial charge in [-0.2, -0.15) is 0 Å². The molecule has 3 heteroatoms. The molecule has 1 aromatic rings. The topological polar surface area (TPSA) is 37.8 Å². The molecule has 0 bridgehead atoms. The van der Waals surface area contributed by atoms with Gasteiger partial charge in [-0.15, -0.1) is 0 Å². The number of aromatic nitrogens is 2. The highest BCUT2D eigenvalue weighted by Gasteiger charge is 2.22. The van der Waals surface area contributed by atoms with E-state index in [1.165, 1.54) is 30.5 Å². The highest BCUT2D eigenvalue weighted by Crippen LogP contribution is 2.28. The molecule has 1 aliphatic rings. The molecule has 3 nitrogen and oxygen atoms in total. The Balaban J connectivity index is 2.48. The van der Waals surface area contributed by atoms with Gasteiger partial charge in [0, 0.05) is 23.2 Å². The van der Waals surface area contributed by atoms with Crippen molar-refractivity contribution in [3.05, 3.63) is 17.1 Å². The van der Waals surface area contributed by atoms with Gasteiger partial charge in [0.15, 0.2) is 0 Å². The molecule has 0 atom stereocenters. The maximum atomic E-state index is 4.84. The molecule has 0 aliphatic heterocycles. The normalized spacial score (nSPS) is 16.0. The first-order valence-corrected chi connectivity index (χ1v) is 7.16. The third-order valence-electron chi connectivity index (χ3n) is 3.45. The minimum absolute atomic E-state index is 0.0194. The summed E-state index contributed by atoms with van der Waals surface area (Å²) in [5.74, 6) is 2.05. The number of anilines is 1. The smallest absolute Gasteiger partial charge is 0.136 e. The summed E-state index contributed by atoms with van der Waals surface area (Å²) in [5, 5.41) is 3.42. The third-order valence-corrected chi connectivity index (χ3v) is 3.45. The standard InChI is InChI=1S/C15H25N3/c1-5-16-13-11-9-7-6-8-10-12(11)17-14(18-13)15(2,3)4/h5-10H2,1-4H3,(H,16,17,18). The fraction of sp³-hybridized carbons (Fsp3) is 0.733. The maximum absolute atomic E-state index is 4.84. The average Bonchev–Trinajstić information content (AvgIpc) is 2.53. The Morgan fingerprint density at radius 3 is 2.44 bits per heavy atom. The predicted octanol–water partition coefficient (Wildman–Crippen LogP) is 3.47. The highest BCUT2D eigenvalue weighted by atomic mass is 15.0. The van der Waals surface area contributed by atoms with E-state index < -0.39 is 0 Å². The van der Waals surface area contributed by atoms with Gasteiger partial charge in [0.05, 0.1) is 0 Å². The van der Waals surface area contributed by atoms with Gasteiger partial charge in [-0.25, -0.2) is 9.97 Å². The average molecular weight is 247 g/mol. The number of hydrogen-bond acceptors (Lipinski definition) is 3. The van der Waals surface area contributed by atoms with Gasteiger partial charge >= 0.3 is 0 Å². The lowest BCUT2D eigenvalue weighted by molar-refractivity contribution is 0.540. The molecule has 0 aromatic carbocycles. The highest BCUT2D eigenvalue weighted by molar-refractivity contribution is 5.47. The Hall–Kier alpha value is -1.12. The van der Waals surface area contributed by atoms with Crippen LogP contribution in [0.1, 0.15) is 64.0 Å². The molecule has 0 radical (unpaired) electrons. The van der Waals surface area contributed by atoms with Gasteiger partial charge in [0.2, 0.25) is 0 Å². The van der Waals surface area contributed by atoms with Crippen LogP contribution in [0.15, 0.2) is 0 Å². The Labute approximate surface area is 110 Å². The summed E-state index contributed by atoms with van der Waals surface area (Å²) in [5.41, 5.74) is 2.66. The summed E-state index contributed by atoms with van der Waals surface area (Å²) in [6, 6.07) is 0. The van der Waals surface area contributed by atoms with Crippen LogP contribution in [0.2, 0.25) is 0 Å². The Morgan fingerprint density at radius 2 is 1.78 bits per heavy atom. The Kier molecular flexibility index (Phi) is 3.88. The van der Waals surface area contributed by atoms with Gasteiger partial charge in [-0.3, -0.25) is 0 Å². The van der Waals surface area contributed by atoms with Gasteiger partial charge in [0.1, 0.15) is 11.6 Å². The number of nitrogens with one attached hydrogen (secondary N) is 1. The van der Waals surface area contributed by atoms with Crippen molar-refractivity contribution < 1.29 is 0 Å². The van der Waals surface area contributed by atoms with E-state index in [4.69, 9.17) is 9.97 Å². The van der Waals surface area contributed by atoms with Crippen molar-refractivity contribution in [2.75, 3.05) is 11.9 Å². The molecule has 18 heavy (non-hydrogen) atoms. The maximum Gasteiger partial charge on any atom is 0.136 e. The molecule has 0 amide bonds. The van der Waals surface area contributed by atoms with E-state index >= 15 is 0 Å². The van der Waals surface area contributed by atoms with Crippen molar-refractivity contribution >= 4 is 5.82 Å². The molecule has 0 spiro atoms. The molecule has 1 aliphatic carbocycles. The first-order valence-electron chi connectivity index (χ1n) is 7.16. The van der Waals surface area contributed by atoms with Crippen molar-refractivity contribution in [2.24, 2.45) is 0 Å². The van der Waals surface area contributed by atoms with Crippen molar-refractivity contribution in [1.29, 1.82) is 0 Å². The van der Waals surface area contributed by atoms with Gasteiger partial charge in [-0.1, -0.05) is 27.2 Å². The zero-order valence-electron chi connectivity index (χ0n) is 12.1. The van der Waals surface area contributed by atoms with Crippen LogP contribution in [-0.2, 0) is 18.3 Å². The molecule has 0 saturated heterocycles. The van der Waals surface area contributed by atoms with Crippen LogP contribution in [0.25, 0.3) is 0 Å². The summed E-state index contributed by atoms with van der Waals surface area (Å²) < 4.78 is 0. The fourth-order valence-corrected chi connectivity index (χ4v) is 2.42. The second-order valence-corrected chi connectivity index (χ2v) is 6.16. The van der Waals surface area contributed by atoms with Crippen LogP contribution >= 0.6 is 0 Å². The molecule has 100 valence electrons. The number of rotatable bonds is 2. The number of aryl methyl sites for hydroxylation is 1. The zero-order valence-corrected chi connectivity index (χ0v) is 12.1. The van der Waals surface area contributed by atoms with Gasteiger partial charge in [0.25, 0.3) is 0 Å². The monoisotopic (exact) mass is 247 g/mol. The van der Waals surface area contributed by atoms with Crippen molar-refractivity contribution in [3.63, 3.8) is 0 Å². The lowest BCUT2D eigenvalue weighted by Gasteiger charge is -2.21. The SMILES string of the molecule is CCNc1nc(C(C)(C)C)nc2c1CCCCC2. The van der Waals surface area contributed by atoms with E-state index in [9.17, 15) is 0 Å². The first-order chi connectivity index (χ1) is 8.52. The predicted molar refractivity (Wildman–Crippen MR) is 76.2 cm³/mol. The van der Waals surface area contributed by atoms with Crippen molar-refractivity contribution in [2.45, 2.75) is 65.2 Å². The minimum Gasteiger partial charge on any atom is -0.370 e.